The van der Waals surface area contributed by atoms with Crippen LogP contribution in [0.3, 0.4) is 0 Å². The van der Waals surface area contributed by atoms with E-state index in [4.69, 9.17) is 0 Å². The van der Waals surface area contributed by atoms with Gasteiger partial charge in [0.2, 0.25) is 0 Å². The normalized spacial score (nSPS) is 13.3. The van der Waals surface area contributed by atoms with Gasteiger partial charge >= 0.3 is 103 Å². The van der Waals surface area contributed by atoms with Crippen LogP contribution in [0.15, 0.2) is 121 Å². The van der Waals surface area contributed by atoms with Crippen molar-refractivity contribution in [1.29, 1.82) is 0 Å². The Balaban J connectivity index is 0.000000431. The summed E-state index contributed by atoms with van der Waals surface area (Å²) in [6, 6.07) is 43.7. The summed E-state index contributed by atoms with van der Waals surface area (Å²) in [6.07, 6.45) is 2.38. The molecule has 4 aromatic rings. The Morgan fingerprint density at radius 2 is 0.778 bits per heavy atom. The van der Waals surface area contributed by atoms with Crippen molar-refractivity contribution in [3.63, 3.8) is 0 Å². The molecular weight excluding hydrogens is 734 g/mol. The fourth-order valence-electron chi connectivity index (χ4n) is 7.65. The van der Waals surface area contributed by atoms with Crippen LogP contribution in [0.25, 0.3) is 0 Å². The molecule has 4 heteroatoms. The first-order chi connectivity index (χ1) is 25.6. The molecule has 0 saturated carbocycles. The van der Waals surface area contributed by atoms with Gasteiger partial charge in [-0.2, -0.15) is 0 Å². The first-order valence-electron chi connectivity index (χ1n) is 20.8. The van der Waals surface area contributed by atoms with Crippen molar-refractivity contribution < 1.29 is 23.2 Å². The van der Waals surface area contributed by atoms with Crippen LogP contribution < -0.4 is 15.1 Å². The van der Waals surface area contributed by atoms with Crippen molar-refractivity contribution in [2.75, 3.05) is 36.0 Å². The molecule has 0 saturated heterocycles. The molecule has 1 N–H and O–H groups in total. The third-order valence-corrected chi connectivity index (χ3v) is 16.9. The van der Waals surface area contributed by atoms with Gasteiger partial charge in [0.1, 0.15) is 0 Å². The Kier molecular flexibility index (Phi) is 18.3. The molecule has 0 amide bonds. The van der Waals surface area contributed by atoms with Gasteiger partial charge in [0.05, 0.1) is 0 Å². The molecular formula is C50H75N3Zr. The van der Waals surface area contributed by atoms with Crippen molar-refractivity contribution in [1.82, 2.24) is 5.32 Å². The van der Waals surface area contributed by atoms with Crippen molar-refractivity contribution >= 4 is 11.4 Å². The number of nitrogens with zero attached hydrogens (tertiary/aromatic N) is 2. The van der Waals surface area contributed by atoms with Crippen LogP contribution in [-0.4, -0.2) is 37.3 Å². The number of hydrogen-bond acceptors (Lipinski definition) is 3. The first kappa shape index (κ1) is 45.7. The summed E-state index contributed by atoms with van der Waals surface area (Å²) in [5.74, 6) is 1.25. The summed E-state index contributed by atoms with van der Waals surface area (Å²) < 4.78 is 2.69. The van der Waals surface area contributed by atoms with Crippen molar-refractivity contribution in [3.8, 4) is 0 Å². The molecule has 0 aliphatic heterocycles. The Hall–Kier alpha value is -2.68. The first-order valence-corrected chi connectivity index (χ1v) is 24.2. The van der Waals surface area contributed by atoms with Crippen molar-refractivity contribution in [2.24, 2.45) is 22.7 Å². The molecule has 294 valence electrons. The van der Waals surface area contributed by atoms with E-state index in [9.17, 15) is 0 Å². The molecule has 0 spiro atoms. The van der Waals surface area contributed by atoms with Gasteiger partial charge in [0.25, 0.3) is 0 Å². The third kappa shape index (κ3) is 12.2. The second kappa shape index (κ2) is 21.6. The minimum absolute atomic E-state index is 0.00381. The zero-order valence-electron chi connectivity index (χ0n) is 36.3. The van der Waals surface area contributed by atoms with Crippen LogP contribution in [-0.2, 0) is 31.5 Å². The van der Waals surface area contributed by atoms with Gasteiger partial charge in [-0.25, -0.2) is 0 Å². The number of hydrogen-bond donors (Lipinski definition) is 1. The van der Waals surface area contributed by atoms with Gasteiger partial charge in [0, 0.05) is 48.6 Å². The number of nitrogens with one attached hydrogen (secondary N) is 1. The maximum absolute atomic E-state index is 3.84. The average Bonchev–Trinajstić information content (AvgIpc) is 3.18. The van der Waals surface area contributed by atoms with E-state index < -0.39 is 0 Å². The fourth-order valence-corrected chi connectivity index (χ4v) is 10.5. The zero-order chi connectivity index (χ0) is 39.8. The van der Waals surface area contributed by atoms with E-state index in [1.807, 2.05) is 0 Å². The maximum atomic E-state index is 3.84. The third-order valence-electron chi connectivity index (χ3n) is 13.7. The monoisotopic (exact) mass is 808 g/mol. The summed E-state index contributed by atoms with van der Waals surface area (Å²) in [5.41, 5.74) is 5.97. The van der Waals surface area contributed by atoms with Crippen LogP contribution in [0.1, 0.15) is 107 Å². The molecule has 2 atom stereocenters. The standard InChI is InChI=1S/C36H61N3.2C7H7.Zr/c1-13-29(3)33(5,6)35(9,10)38(31-21-17-15-18-22-31)27-25-37-26-28-39(32-23-19-16-20-24-32)36(11,12)34(7,8)30(4)14-2;2*1-7-5-3-2-4-6-7;/h15-24,29-30,37H,13-14,25-28H2,1-12H3;2*2-6H,1H2;. The van der Waals surface area contributed by atoms with E-state index in [0.29, 0.717) is 11.8 Å². The molecule has 2 unspecified atom stereocenters. The van der Waals surface area contributed by atoms with Gasteiger partial charge < -0.3 is 15.1 Å². The van der Waals surface area contributed by atoms with E-state index in [1.54, 1.807) is 0 Å². The van der Waals surface area contributed by atoms with Crippen LogP contribution in [0.5, 0.6) is 0 Å². The summed E-state index contributed by atoms with van der Waals surface area (Å²) >= 11 is -0.258. The van der Waals surface area contributed by atoms with Gasteiger partial charge in [-0.3, -0.25) is 0 Å². The second-order valence-corrected chi connectivity index (χ2v) is 20.4. The van der Waals surface area contributed by atoms with E-state index in [-0.39, 0.29) is 45.1 Å². The molecule has 0 aliphatic rings. The number of rotatable bonds is 20. The van der Waals surface area contributed by atoms with Gasteiger partial charge in [-0.05, 0) is 74.6 Å². The van der Waals surface area contributed by atoms with Crippen molar-refractivity contribution in [3.05, 3.63) is 132 Å². The number of benzene rings is 4. The fraction of sp³-hybridized carbons (Fsp3) is 0.520. The Labute approximate surface area is 344 Å². The number of para-hydroxylation sites is 2. The molecule has 4 aromatic carbocycles. The molecule has 54 heavy (non-hydrogen) atoms. The molecule has 0 radical (unpaired) electrons. The van der Waals surface area contributed by atoms with Gasteiger partial charge in [0.15, 0.2) is 0 Å². The Bertz CT molecular complexity index is 1450. The van der Waals surface area contributed by atoms with E-state index in [1.165, 1.54) is 43.6 Å². The molecule has 0 bridgehead atoms. The minimum atomic E-state index is -0.258. The quantitative estimate of drug-likeness (QED) is 0.0897. The van der Waals surface area contributed by atoms with Crippen molar-refractivity contribution in [2.45, 2.75) is 115 Å². The van der Waals surface area contributed by atoms with Crippen LogP contribution in [0.4, 0.5) is 11.4 Å². The summed E-state index contributed by atoms with van der Waals surface area (Å²) in [6.45, 7) is 32.8. The van der Waals surface area contributed by atoms with Gasteiger partial charge in [-0.1, -0.05) is 105 Å². The Morgan fingerprint density at radius 1 is 0.481 bits per heavy atom. The van der Waals surface area contributed by atoms with E-state index >= 15 is 0 Å². The predicted molar refractivity (Wildman–Crippen MR) is 235 cm³/mol. The topological polar surface area (TPSA) is 18.5 Å². The predicted octanol–water partition coefficient (Wildman–Crippen LogP) is 12.8. The van der Waals surface area contributed by atoms with E-state index in [0.717, 1.165) is 26.2 Å². The van der Waals surface area contributed by atoms with Crippen LogP contribution >= 0.6 is 0 Å². The average molecular weight is 809 g/mol. The molecule has 0 heterocycles. The van der Waals surface area contributed by atoms with E-state index in [2.05, 4.69) is 220 Å². The SMILES string of the molecule is CCC(C)C(C)(C)C(C)(C)N(CCNCCN(c1ccccc1)C(C)(C)C(C)(C)C(C)CC)c1ccccc1.c1ccc([CH2][Zr][CH2]c2ccccc2)cc1. The molecule has 0 fully saturated rings. The van der Waals surface area contributed by atoms with Crippen LogP contribution in [0, 0.1) is 22.7 Å². The molecule has 4 rings (SSSR count). The summed E-state index contributed by atoms with van der Waals surface area (Å²) in [5, 5.41) is 3.84. The molecule has 0 aromatic heterocycles. The molecule has 3 nitrogen and oxygen atoms in total. The van der Waals surface area contributed by atoms with Gasteiger partial charge in [-0.15, -0.1) is 0 Å². The zero-order valence-corrected chi connectivity index (χ0v) is 38.7. The second-order valence-electron chi connectivity index (χ2n) is 17.5. The van der Waals surface area contributed by atoms with Crippen LogP contribution in [0.2, 0.25) is 0 Å². The number of anilines is 2. The Morgan fingerprint density at radius 3 is 1.07 bits per heavy atom. The summed E-state index contributed by atoms with van der Waals surface area (Å²) in [7, 11) is 0. The summed E-state index contributed by atoms with van der Waals surface area (Å²) in [4.78, 5) is 5.27. The molecule has 0 aliphatic carbocycles.